The van der Waals surface area contributed by atoms with Gasteiger partial charge < -0.3 is 75.0 Å². The Morgan fingerprint density at radius 2 is 1.25 bits per heavy atom. The summed E-state index contributed by atoms with van der Waals surface area (Å²) in [6.07, 6.45) is -22.0. The predicted molar refractivity (Wildman–Crippen MR) is 111 cm³/mol. The van der Waals surface area contributed by atoms with Gasteiger partial charge in [0.05, 0.1) is 19.3 Å². The number of amides is 1. The summed E-state index contributed by atoms with van der Waals surface area (Å²) in [5, 5.41) is 93.2. The number of aliphatic hydroxyl groups is 9. The lowest BCUT2D eigenvalue weighted by atomic mass is 9.94. The van der Waals surface area contributed by atoms with Crippen LogP contribution in [0.3, 0.4) is 0 Å². The van der Waals surface area contributed by atoms with Crippen LogP contribution in [0.1, 0.15) is 13.8 Å². The fourth-order valence-electron chi connectivity index (χ4n) is 4.40. The maximum Gasteiger partial charge on any atom is 0.217 e. The number of hydrogen-bond acceptors (Lipinski definition) is 15. The minimum absolute atomic E-state index is 0.640. The maximum absolute atomic E-state index is 11.8. The van der Waals surface area contributed by atoms with E-state index in [-0.39, 0.29) is 0 Å². The molecule has 3 aliphatic rings. The fourth-order valence-corrected chi connectivity index (χ4v) is 4.40. The minimum Gasteiger partial charge on any atom is -0.394 e. The summed E-state index contributed by atoms with van der Waals surface area (Å²) in [5.74, 6) is -0.640. The topological polar surface area (TPSA) is 257 Å². The van der Waals surface area contributed by atoms with Gasteiger partial charge in [-0.25, -0.2) is 0 Å². The van der Waals surface area contributed by atoms with Gasteiger partial charge in [-0.05, 0) is 6.92 Å². The van der Waals surface area contributed by atoms with Crippen LogP contribution in [0.15, 0.2) is 0 Å². The molecular formula is C20H35NO15. The van der Waals surface area contributed by atoms with Crippen molar-refractivity contribution in [3.8, 4) is 0 Å². The summed E-state index contributed by atoms with van der Waals surface area (Å²) in [7, 11) is 0. The van der Waals surface area contributed by atoms with E-state index in [4.69, 9.17) is 23.7 Å². The highest BCUT2D eigenvalue weighted by Gasteiger charge is 2.54. The summed E-state index contributed by atoms with van der Waals surface area (Å²) in [6.45, 7) is 1.00. The molecule has 0 radical (unpaired) electrons. The summed E-state index contributed by atoms with van der Waals surface area (Å²) in [5.41, 5.74) is 0. The van der Waals surface area contributed by atoms with Crippen molar-refractivity contribution in [3.63, 3.8) is 0 Å². The molecule has 3 saturated heterocycles. The zero-order chi connectivity index (χ0) is 26.9. The van der Waals surface area contributed by atoms with Crippen LogP contribution in [0.4, 0.5) is 0 Å². The number of carbonyl (C=O) groups is 1. The van der Waals surface area contributed by atoms with Crippen molar-refractivity contribution in [1.82, 2.24) is 5.32 Å². The molecule has 3 aliphatic heterocycles. The molecular weight excluding hydrogens is 494 g/mol. The van der Waals surface area contributed by atoms with Crippen LogP contribution in [0, 0.1) is 0 Å². The van der Waals surface area contributed by atoms with Crippen molar-refractivity contribution in [3.05, 3.63) is 0 Å². The zero-order valence-corrected chi connectivity index (χ0v) is 19.5. The standard InChI is InChI=1S/C20H35NO15/c1-5-10(25)12(27)14(29)19(32-5)36-17-9(21-6(2)24)18(31)33-8(4-23)16(17)35-20-15(30)13(28)11(26)7(3-22)34-20/h5,7-20,22-23,25-31H,3-4H2,1-2H3,(H,21,24)/t5?,7?,8?,9?,10-,11+,12?,13?,14?,15?,16-,17?,18-,19+,20+/m1/s1. The van der Waals surface area contributed by atoms with E-state index in [0.717, 1.165) is 6.92 Å². The molecule has 15 atom stereocenters. The molecule has 210 valence electrons. The van der Waals surface area contributed by atoms with E-state index in [2.05, 4.69) is 5.32 Å². The monoisotopic (exact) mass is 529 g/mol. The van der Waals surface area contributed by atoms with E-state index < -0.39 is 111 Å². The van der Waals surface area contributed by atoms with Gasteiger partial charge in [-0.3, -0.25) is 4.79 Å². The molecule has 9 unspecified atom stereocenters. The van der Waals surface area contributed by atoms with E-state index in [0.29, 0.717) is 0 Å². The second-order valence-corrected chi connectivity index (χ2v) is 9.05. The molecule has 1 amide bonds. The quantitative estimate of drug-likeness (QED) is 0.147. The van der Waals surface area contributed by atoms with Gasteiger partial charge >= 0.3 is 0 Å². The van der Waals surface area contributed by atoms with Crippen LogP contribution in [0.5, 0.6) is 0 Å². The van der Waals surface area contributed by atoms with Crippen molar-refractivity contribution < 1.29 is 74.4 Å². The number of ether oxygens (including phenoxy) is 5. The molecule has 3 fully saturated rings. The first-order valence-electron chi connectivity index (χ1n) is 11.4. The van der Waals surface area contributed by atoms with Crippen molar-refractivity contribution >= 4 is 5.91 Å². The van der Waals surface area contributed by atoms with Gasteiger partial charge in [0.25, 0.3) is 0 Å². The first-order chi connectivity index (χ1) is 16.9. The predicted octanol–water partition coefficient (Wildman–Crippen LogP) is -6.40. The number of nitrogens with one attached hydrogen (secondary N) is 1. The normalized spacial score (nSPS) is 50.0. The highest BCUT2D eigenvalue weighted by molar-refractivity contribution is 5.73. The molecule has 16 heteroatoms. The van der Waals surface area contributed by atoms with Crippen molar-refractivity contribution in [1.29, 1.82) is 0 Å². The number of rotatable bonds is 7. The summed E-state index contributed by atoms with van der Waals surface area (Å²) < 4.78 is 27.7. The molecule has 0 bridgehead atoms. The lowest BCUT2D eigenvalue weighted by Gasteiger charge is -2.49. The van der Waals surface area contributed by atoms with Crippen LogP contribution in [-0.4, -0.2) is 157 Å². The third-order valence-corrected chi connectivity index (χ3v) is 6.45. The first-order valence-corrected chi connectivity index (χ1v) is 11.4. The van der Waals surface area contributed by atoms with Gasteiger partial charge in [-0.1, -0.05) is 0 Å². The highest BCUT2D eigenvalue weighted by Crippen LogP contribution is 2.32. The first kappa shape index (κ1) is 29.5. The Balaban J connectivity index is 1.92. The minimum atomic E-state index is -1.85. The van der Waals surface area contributed by atoms with E-state index in [9.17, 15) is 50.8 Å². The van der Waals surface area contributed by atoms with Crippen LogP contribution >= 0.6 is 0 Å². The molecule has 0 aromatic rings. The van der Waals surface area contributed by atoms with Crippen LogP contribution in [-0.2, 0) is 28.5 Å². The summed E-state index contributed by atoms with van der Waals surface area (Å²) in [4.78, 5) is 11.8. The van der Waals surface area contributed by atoms with Gasteiger partial charge in [0.1, 0.15) is 67.1 Å². The van der Waals surface area contributed by atoms with Gasteiger partial charge in [-0.2, -0.15) is 0 Å². The number of hydrogen-bond donors (Lipinski definition) is 10. The van der Waals surface area contributed by atoms with Gasteiger partial charge in [0.2, 0.25) is 5.91 Å². The fraction of sp³-hybridized carbons (Fsp3) is 0.950. The molecule has 16 nitrogen and oxygen atoms in total. The lowest BCUT2D eigenvalue weighted by molar-refractivity contribution is -0.370. The van der Waals surface area contributed by atoms with E-state index in [1.165, 1.54) is 6.92 Å². The van der Waals surface area contributed by atoms with Crippen LogP contribution < -0.4 is 5.32 Å². The van der Waals surface area contributed by atoms with Gasteiger partial charge in [0.15, 0.2) is 18.9 Å². The number of aliphatic hydroxyl groups excluding tert-OH is 9. The smallest absolute Gasteiger partial charge is 0.217 e. The maximum atomic E-state index is 11.8. The molecule has 10 N–H and O–H groups in total. The van der Waals surface area contributed by atoms with E-state index in [1.54, 1.807) is 0 Å². The number of carbonyl (C=O) groups excluding carboxylic acids is 1. The van der Waals surface area contributed by atoms with Crippen molar-refractivity contribution in [2.45, 2.75) is 106 Å². The zero-order valence-electron chi connectivity index (χ0n) is 19.5. The average molecular weight is 529 g/mol. The largest absolute Gasteiger partial charge is 0.394 e. The van der Waals surface area contributed by atoms with Gasteiger partial charge in [0, 0.05) is 6.92 Å². The summed E-state index contributed by atoms with van der Waals surface area (Å²) in [6, 6.07) is -1.41. The van der Waals surface area contributed by atoms with E-state index >= 15 is 0 Å². The van der Waals surface area contributed by atoms with Crippen molar-refractivity contribution in [2.75, 3.05) is 13.2 Å². The molecule has 3 rings (SSSR count). The summed E-state index contributed by atoms with van der Waals surface area (Å²) >= 11 is 0. The lowest BCUT2D eigenvalue weighted by Crippen LogP contribution is -2.69. The Kier molecular flexibility index (Phi) is 9.97. The molecule has 0 aliphatic carbocycles. The SMILES string of the molecule is CC(=O)NC1C(O[C@@H]2OC(C)[C@@H](O)C(O)C2O)[C@H](O[C@@H]2OC(CO)[C@H](O)C(O)C2O)C(CO)O[C@H]1O. The Labute approximate surface area is 205 Å². The molecule has 0 aromatic carbocycles. The van der Waals surface area contributed by atoms with Gasteiger partial charge in [-0.15, -0.1) is 0 Å². The molecule has 0 aromatic heterocycles. The van der Waals surface area contributed by atoms with Crippen molar-refractivity contribution in [2.24, 2.45) is 0 Å². The van der Waals surface area contributed by atoms with Crippen LogP contribution in [0.25, 0.3) is 0 Å². The Bertz CT molecular complexity index is 729. The third kappa shape index (κ3) is 5.97. The second kappa shape index (κ2) is 12.2. The van der Waals surface area contributed by atoms with Crippen LogP contribution in [0.2, 0.25) is 0 Å². The highest BCUT2D eigenvalue weighted by atomic mass is 16.7. The second-order valence-electron chi connectivity index (χ2n) is 9.05. The molecule has 0 spiro atoms. The van der Waals surface area contributed by atoms with E-state index in [1.807, 2.05) is 0 Å². The molecule has 0 saturated carbocycles. The molecule has 3 heterocycles. The average Bonchev–Trinajstić information content (AvgIpc) is 2.84. The third-order valence-electron chi connectivity index (χ3n) is 6.45. The Hall–Kier alpha value is -1.09. The Morgan fingerprint density at radius 1 is 0.722 bits per heavy atom. The molecule has 36 heavy (non-hydrogen) atoms. The Morgan fingerprint density at radius 3 is 1.81 bits per heavy atom.